The van der Waals surface area contributed by atoms with Crippen molar-refractivity contribution in [2.24, 2.45) is 5.92 Å². The van der Waals surface area contributed by atoms with Gasteiger partial charge < -0.3 is 20.1 Å². The third kappa shape index (κ3) is 5.75. The van der Waals surface area contributed by atoms with Crippen molar-refractivity contribution in [3.63, 3.8) is 0 Å². The highest BCUT2D eigenvalue weighted by atomic mass is 16.5. The number of phenolic OH excluding ortho intramolecular Hbond substituents is 1. The molecule has 3 aromatic carbocycles. The molecule has 0 radical (unpaired) electrons. The van der Waals surface area contributed by atoms with E-state index < -0.39 is 12.7 Å². The number of carbonyl (C=O) groups is 1. The van der Waals surface area contributed by atoms with Gasteiger partial charge in [0.2, 0.25) is 0 Å². The van der Waals surface area contributed by atoms with Gasteiger partial charge >= 0.3 is 7.12 Å². The van der Waals surface area contributed by atoms with Crippen LogP contribution in [0.5, 0.6) is 5.75 Å². The van der Waals surface area contributed by atoms with Crippen molar-refractivity contribution < 1.29 is 19.6 Å². The number of nitrogens with one attached hydrogen (secondary N) is 1. The molecule has 3 aromatic rings. The van der Waals surface area contributed by atoms with E-state index in [1.54, 1.807) is 48.5 Å². The molecule has 0 spiro atoms. The van der Waals surface area contributed by atoms with E-state index in [4.69, 9.17) is 4.65 Å². The minimum absolute atomic E-state index is 0.213. The number of benzene rings is 3. The first-order valence-corrected chi connectivity index (χ1v) is 10.3. The summed E-state index contributed by atoms with van der Waals surface area (Å²) in [5.74, 6) is 0.201. The molecule has 0 aromatic heterocycles. The van der Waals surface area contributed by atoms with E-state index in [2.05, 4.69) is 5.32 Å². The summed E-state index contributed by atoms with van der Waals surface area (Å²) in [6, 6.07) is 21.2. The Bertz CT molecular complexity index is 1030. The van der Waals surface area contributed by atoms with Crippen molar-refractivity contribution in [2.45, 2.75) is 33.3 Å². The number of rotatable bonds is 7. The molecule has 0 aliphatic carbocycles. The second kappa shape index (κ2) is 9.37. The lowest BCUT2D eigenvalue weighted by atomic mass is 9.77. The summed E-state index contributed by atoms with van der Waals surface area (Å²) in [6.45, 7) is 7.95. The fourth-order valence-electron chi connectivity index (χ4n) is 2.93. The standard InChI is InChI=1S/C25H28BNO4/c1-17(2)25(3,4)31-26(30)21-6-5-7-22(16-21)27-24(29)20-10-8-18(9-11-20)19-12-14-23(28)15-13-19/h5-17,28,30H,1-4H3,(H,27,29). The van der Waals surface area contributed by atoms with Gasteiger partial charge in [0.15, 0.2) is 0 Å². The highest BCUT2D eigenvalue weighted by Crippen LogP contribution is 2.23. The van der Waals surface area contributed by atoms with Crippen LogP contribution >= 0.6 is 0 Å². The van der Waals surface area contributed by atoms with E-state index >= 15 is 0 Å². The van der Waals surface area contributed by atoms with Gasteiger partial charge in [-0.1, -0.05) is 50.2 Å². The average Bonchev–Trinajstić information content (AvgIpc) is 2.74. The molecule has 3 rings (SSSR count). The summed E-state index contributed by atoms with van der Waals surface area (Å²) in [5.41, 5.74) is 3.09. The van der Waals surface area contributed by atoms with Gasteiger partial charge in [-0.05, 0) is 72.8 Å². The minimum atomic E-state index is -1.08. The van der Waals surface area contributed by atoms with E-state index in [1.165, 1.54) is 0 Å². The first-order valence-electron chi connectivity index (χ1n) is 10.3. The second-order valence-corrected chi connectivity index (χ2v) is 8.43. The Balaban J connectivity index is 1.69. The molecule has 5 nitrogen and oxygen atoms in total. The molecule has 6 heteroatoms. The van der Waals surface area contributed by atoms with Crippen LogP contribution in [0, 0.1) is 5.92 Å². The molecule has 0 aliphatic heterocycles. The second-order valence-electron chi connectivity index (χ2n) is 8.43. The molecule has 0 heterocycles. The number of phenols is 1. The van der Waals surface area contributed by atoms with Crippen molar-refractivity contribution in [2.75, 3.05) is 5.32 Å². The molecule has 0 bridgehead atoms. The molecule has 160 valence electrons. The van der Waals surface area contributed by atoms with Crippen LogP contribution in [0.3, 0.4) is 0 Å². The molecular weight excluding hydrogens is 389 g/mol. The summed E-state index contributed by atoms with van der Waals surface area (Å²) in [5, 5.41) is 22.8. The highest BCUT2D eigenvalue weighted by Gasteiger charge is 2.30. The van der Waals surface area contributed by atoms with Crippen LogP contribution in [0.1, 0.15) is 38.1 Å². The summed E-state index contributed by atoms with van der Waals surface area (Å²) in [4.78, 5) is 12.7. The zero-order chi connectivity index (χ0) is 22.6. The SMILES string of the molecule is CC(C)C(C)(C)OB(O)c1cccc(NC(=O)c2ccc(-c3ccc(O)cc3)cc2)c1. The Hall–Kier alpha value is -3.09. The van der Waals surface area contributed by atoms with E-state index in [-0.39, 0.29) is 17.6 Å². The largest absolute Gasteiger partial charge is 0.508 e. The van der Waals surface area contributed by atoms with Crippen molar-refractivity contribution in [1.29, 1.82) is 0 Å². The molecule has 3 N–H and O–H groups in total. The predicted octanol–water partition coefficient (Wildman–Crippen LogP) is 4.45. The molecule has 0 fully saturated rings. The molecule has 0 unspecified atom stereocenters. The van der Waals surface area contributed by atoms with Gasteiger partial charge in [-0.3, -0.25) is 4.79 Å². The van der Waals surface area contributed by atoms with Crippen LogP contribution in [-0.2, 0) is 4.65 Å². The van der Waals surface area contributed by atoms with Crippen molar-refractivity contribution in [3.05, 3.63) is 78.4 Å². The Kier molecular flexibility index (Phi) is 6.83. The van der Waals surface area contributed by atoms with Gasteiger partial charge in [0.1, 0.15) is 5.75 Å². The predicted molar refractivity (Wildman–Crippen MR) is 126 cm³/mol. The molecule has 0 saturated heterocycles. The summed E-state index contributed by atoms with van der Waals surface area (Å²) < 4.78 is 5.82. The van der Waals surface area contributed by atoms with Crippen molar-refractivity contribution in [3.8, 4) is 16.9 Å². The Morgan fingerprint density at radius 2 is 1.55 bits per heavy atom. The van der Waals surface area contributed by atoms with E-state index in [9.17, 15) is 14.9 Å². The molecular formula is C25H28BNO4. The van der Waals surface area contributed by atoms with Crippen LogP contribution in [0.4, 0.5) is 5.69 Å². The first kappa shape index (κ1) is 22.6. The third-order valence-electron chi connectivity index (χ3n) is 5.58. The molecule has 1 amide bonds. The van der Waals surface area contributed by atoms with Gasteiger partial charge in [-0.25, -0.2) is 0 Å². The Morgan fingerprint density at radius 1 is 0.968 bits per heavy atom. The van der Waals surface area contributed by atoms with Crippen LogP contribution in [0.2, 0.25) is 0 Å². The smallest absolute Gasteiger partial charge is 0.491 e. The molecule has 0 saturated carbocycles. The zero-order valence-electron chi connectivity index (χ0n) is 18.3. The van der Waals surface area contributed by atoms with Crippen LogP contribution in [0.25, 0.3) is 11.1 Å². The van der Waals surface area contributed by atoms with Crippen LogP contribution < -0.4 is 10.8 Å². The maximum atomic E-state index is 12.7. The van der Waals surface area contributed by atoms with Gasteiger partial charge in [-0.15, -0.1) is 0 Å². The number of hydrogen-bond acceptors (Lipinski definition) is 4. The fourth-order valence-corrected chi connectivity index (χ4v) is 2.93. The monoisotopic (exact) mass is 417 g/mol. The number of carbonyl (C=O) groups excluding carboxylic acids is 1. The molecule has 0 atom stereocenters. The van der Waals surface area contributed by atoms with Crippen LogP contribution in [0.15, 0.2) is 72.8 Å². The van der Waals surface area contributed by atoms with E-state index in [0.717, 1.165) is 11.1 Å². The maximum absolute atomic E-state index is 12.7. The molecule has 0 aliphatic rings. The summed E-state index contributed by atoms with van der Waals surface area (Å²) >= 11 is 0. The summed E-state index contributed by atoms with van der Waals surface area (Å²) in [6.07, 6.45) is 0. The Morgan fingerprint density at radius 3 is 2.13 bits per heavy atom. The highest BCUT2D eigenvalue weighted by molar-refractivity contribution is 6.60. The third-order valence-corrected chi connectivity index (χ3v) is 5.58. The maximum Gasteiger partial charge on any atom is 0.491 e. The lowest BCUT2D eigenvalue weighted by Crippen LogP contribution is -2.44. The van der Waals surface area contributed by atoms with Gasteiger partial charge in [0.05, 0.1) is 5.60 Å². The van der Waals surface area contributed by atoms with E-state index in [0.29, 0.717) is 16.7 Å². The molecule has 31 heavy (non-hydrogen) atoms. The van der Waals surface area contributed by atoms with Gasteiger partial charge in [-0.2, -0.15) is 0 Å². The van der Waals surface area contributed by atoms with Crippen molar-refractivity contribution in [1.82, 2.24) is 0 Å². The van der Waals surface area contributed by atoms with E-state index in [1.807, 2.05) is 52.0 Å². The lowest BCUT2D eigenvalue weighted by Gasteiger charge is -2.31. The average molecular weight is 417 g/mol. The lowest BCUT2D eigenvalue weighted by molar-refractivity contribution is 0.0423. The topological polar surface area (TPSA) is 78.8 Å². The normalized spacial score (nSPS) is 11.4. The number of aromatic hydroxyl groups is 1. The number of hydrogen-bond donors (Lipinski definition) is 3. The van der Waals surface area contributed by atoms with Crippen molar-refractivity contribution >= 4 is 24.2 Å². The van der Waals surface area contributed by atoms with Crippen LogP contribution in [-0.4, -0.2) is 28.8 Å². The minimum Gasteiger partial charge on any atom is -0.508 e. The Labute approximate surface area is 183 Å². The number of anilines is 1. The zero-order valence-corrected chi connectivity index (χ0v) is 18.3. The summed E-state index contributed by atoms with van der Waals surface area (Å²) in [7, 11) is -1.08. The first-order chi connectivity index (χ1) is 14.7. The quantitative estimate of drug-likeness (QED) is 0.497. The van der Waals surface area contributed by atoms with Gasteiger partial charge in [0.25, 0.3) is 5.91 Å². The fraction of sp³-hybridized carbons (Fsp3) is 0.240. The number of amides is 1. The van der Waals surface area contributed by atoms with Gasteiger partial charge in [0, 0.05) is 11.3 Å².